The lowest BCUT2D eigenvalue weighted by molar-refractivity contribution is -0.121. The molecule has 0 fully saturated rings. The fourth-order valence-electron chi connectivity index (χ4n) is 9.64. The highest BCUT2D eigenvalue weighted by Crippen LogP contribution is 2.41. The van der Waals surface area contributed by atoms with Crippen molar-refractivity contribution in [2.45, 2.75) is 63.6 Å². The first-order valence-electron chi connectivity index (χ1n) is 25.3. The molecule has 0 aliphatic heterocycles. The maximum absolute atomic E-state index is 15.2. The Balaban J connectivity index is 1.12. The summed E-state index contributed by atoms with van der Waals surface area (Å²) in [5, 5.41) is 27.4. The number of phenolic OH excluding ortho intramolecular Hbond substituents is 1. The molecular formula is C60H56F3N9O4. The lowest BCUT2D eigenvalue weighted by atomic mass is 9.77. The van der Waals surface area contributed by atoms with Crippen LogP contribution in [0.15, 0.2) is 182 Å². The number of rotatable bonds is 21. The van der Waals surface area contributed by atoms with E-state index in [1.54, 1.807) is 40.7 Å². The molecule has 3 heterocycles. The summed E-state index contributed by atoms with van der Waals surface area (Å²) in [4.78, 5) is 48.9. The van der Waals surface area contributed by atoms with Crippen molar-refractivity contribution in [2.75, 3.05) is 20.1 Å². The number of imidazole rings is 1. The number of Topliss-reactive ketones (excluding diaryl/α,β-unsaturated/α-hetero) is 1. The lowest BCUT2D eigenvalue weighted by Gasteiger charge is -2.34. The molecule has 9 aromatic rings. The number of unbranched alkanes of at least 4 members (excludes halogenated alkanes) is 2. The van der Waals surface area contributed by atoms with Crippen LogP contribution in [-0.2, 0) is 23.2 Å². The highest BCUT2D eigenvalue weighted by atomic mass is 19.4. The molecule has 0 aliphatic carbocycles. The fourth-order valence-corrected chi connectivity index (χ4v) is 9.64. The minimum atomic E-state index is -5.21. The van der Waals surface area contributed by atoms with Crippen LogP contribution in [-0.4, -0.2) is 88.2 Å². The molecule has 13 nitrogen and oxygen atoms in total. The van der Waals surface area contributed by atoms with Gasteiger partial charge in [0.05, 0.1) is 5.69 Å². The number of amides is 2. The maximum atomic E-state index is 15.2. The Bertz CT molecular complexity index is 3320. The molecular weight excluding hydrogens is 968 g/mol. The zero-order chi connectivity index (χ0) is 53.2. The normalized spacial score (nSPS) is 11.6. The number of hydrogen-bond donors (Lipinski definition) is 2. The van der Waals surface area contributed by atoms with Crippen molar-refractivity contribution in [1.82, 2.24) is 44.5 Å². The van der Waals surface area contributed by atoms with E-state index in [0.29, 0.717) is 62.1 Å². The van der Waals surface area contributed by atoms with Gasteiger partial charge in [-0.15, -0.1) is 15.0 Å². The van der Waals surface area contributed by atoms with Crippen LogP contribution in [0.3, 0.4) is 0 Å². The average molecular weight is 1020 g/mol. The molecule has 0 unspecified atom stereocenters. The molecule has 386 valence electrons. The van der Waals surface area contributed by atoms with Crippen molar-refractivity contribution in [3.63, 3.8) is 0 Å². The van der Waals surface area contributed by atoms with E-state index < -0.39 is 29.1 Å². The predicted molar refractivity (Wildman–Crippen MR) is 284 cm³/mol. The second-order valence-electron chi connectivity index (χ2n) is 18.5. The van der Waals surface area contributed by atoms with Gasteiger partial charge in [-0.3, -0.25) is 23.5 Å². The number of tetrazole rings is 1. The first-order valence-corrected chi connectivity index (χ1v) is 25.3. The van der Waals surface area contributed by atoms with E-state index in [4.69, 9.17) is 20.4 Å². The third kappa shape index (κ3) is 11.0. The molecule has 0 radical (unpaired) electrons. The summed E-state index contributed by atoms with van der Waals surface area (Å²) in [6, 6.07) is 54.3. The number of carbonyl (C=O) groups is 3. The van der Waals surface area contributed by atoms with E-state index in [1.165, 1.54) is 17.2 Å². The van der Waals surface area contributed by atoms with Crippen LogP contribution in [0.25, 0.3) is 34.0 Å². The molecule has 2 N–H and O–H groups in total. The summed E-state index contributed by atoms with van der Waals surface area (Å²) in [6.45, 7) is 2.62. The Morgan fingerprint density at radius 3 is 1.92 bits per heavy atom. The molecule has 0 saturated carbocycles. The summed E-state index contributed by atoms with van der Waals surface area (Å²) < 4.78 is 45.3. The van der Waals surface area contributed by atoms with E-state index in [2.05, 4.69) is 5.32 Å². The van der Waals surface area contributed by atoms with Crippen molar-refractivity contribution in [2.24, 2.45) is 0 Å². The van der Waals surface area contributed by atoms with E-state index in [1.807, 2.05) is 146 Å². The first-order chi connectivity index (χ1) is 36.9. The van der Waals surface area contributed by atoms with Crippen LogP contribution in [0.5, 0.6) is 5.75 Å². The Morgan fingerprint density at radius 1 is 0.697 bits per heavy atom. The highest BCUT2D eigenvalue weighted by Gasteiger charge is 2.43. The molecule has 0 spiro atoms. The minimum absolute atomic E-state index is 0.0577. The number of halogens is 3. The summed E-state index contributed by atoms with van der Waals surface area (Å²) in [5.74, 6) is -2.07. The van der Waals surface area contributed by atoms with Crippen molar-refractivity contribution in [3.05, 3.63) is 222 Å². The number of hydrogen-bond acceptors (Lipinski definition) is 8. The number of alkyl halides is 3. The minimum Gasteiger partial charge on any atom is -0.508 e. The van der Waals surface area contributed by atoms with Gasteiger partial charge in [-0.05, 0) is 101 Å². The topological polar surface area (TPSA) is 153 Å². The van der Waals surface area contributed by atoms with Crippen LogP contribution in [0.1, 0.15) is 88.1 Å². The number of ketones is 1. The number of nitrogens with zero attached hydrogens (tertiary/aromatic N) is 8. The van der Waals surface area contributed by atoms with Crippen molar-refractivity contribution >= 4 is 17.6 Å². The predicted octanol–water partition coefficient (Wildman–Crippen LogP) is 11.2. The molecule has 0 atom stereocenters. The van der Waals surface area contributed by atoms with Gasteiger partial charge in [0, 0.05) is 50.4 Å². The second-order valence-corrected chi connectivity index (χ2v) is 18.5. The van der Waals surface area contributed by atoms with Gasteiger partial charge in [0.25, 0.3) is 11.7 Å². The molecule has 0 aliphatic rings. The number of phenols is 1. The Labute approximate surface area is 438 Å². The third-order valence-electron chi connectivity index (χ3n) is 13.4. The van der Waals surface area contributed by atoms with Crippen molar-refractivity contribution in [1.29, 1.82) is 0 Å². The fraction of sp³-hybridized carbons (Fsp3) is 0.217. The smallest absolute Gasteiger partial charge is 0.456 e. The van der Waals surface area contributed by atoms with Gasteiger partial charge in [-0.1, -0.05) is 153 Å². The number of aromatic nitrogens is 7. The Hall–Kier alpha value is -8.92. The van der Waals surface area contributed by atoms with Gasteiger partial charge >= 0.3 is 6.18 Å². The number of benzene rings is 6. The molecule has 6 aromatic carbocycles. The van der Waals surface area contributed by atoms with E-state index in [9.17, 15) is 27.9 Å². The highest BCUT2D eigenvalue weighted by molar-refractivity contribution is 6.01. The zero-order valence-corrected chi connectivity index (χ0v) is 42.1. The van der Waals surface area contributed by atoms with Crippen molar-refractivity contribution in [3.8, 4) is 39.8 Å². The van der Waals surface area contributed by atoms with Crippen LogP contribution >= 0.6 is 0 Å². The van der Waals surface area contributed by atoms with E-state index in [0.717, 1.165) is 44.0 Å². The molecule has 9 rings (SSSR count). The first kappa shape index (κ1) is 52.0. The quantitative estimate of drug-likeness (QED) is 0.0410. The molecule has 3 aromatic heterocycles. The standard InChI is InChI=1S/C60H56F3N9O4/c1-3-20-52-65-57(70-40-19-29-51(70)55(75)60(61,62)63)54(58(76)69(2)39-18-8-17-30-53(74)64-38-37-42-31-34-48(73)35-32-42)71(52)47-33-36-49(43-21-9-4-10-22-43)50(41-47)56-66-68-72(67-56)59(44-23-11-5-12-24-44,45-25-13-6-14-26-45)46-27-15-7-16-28-46/h4-7,9-16,19,21-29,31-36,40-41,73H,3,8,17-18,20,30,37-39H2,1-2H3,(H,64,74). The van der Waals surface area contributed by atoms with Crippen LogP contribution in [0.2, 0.25) is 0 Å². The van der Waals surface area contributed by atoms with Gasteiger partial charge in [-0.25, -0.2) is 4.98 Å². The van der Waals surface area contributed by atoms with Gasteiger partial charge in [0.15, 0.2) is 17.1 Å². The van der Waals surface area contributed by atoms with Gasteiger partial charge in [-0.2, -0.15) is 13.2 Å². The van der Waals surface area contributed by atoms with Gasteiger partial charge in [0.1, 0.15) is 11.6 Å². The number of carbonyl (C=O) groups excluding carboxylic acids is 3. The largest absolute Gasteiger partial charge is 0.508 e. The molecule has 0 bridgehead atoms. The third-order valence-corrected chi connectivity index (χ3v) is 13.4. The number of nitrogens with one attached hydrogen (secondary N) is 1. The zero-order valence-electron chi connectivity index (χ0n) is 42.1. The molecule has 76 heavy (non-hydrogen) atoms. The van der Waals surface area contributed by atoms with Gasteiger partial charge < -0.3 is 15.3 Å². The number of aromatic hydroxyl groups is 1. The van der Waals surface area contributed by atoms with Crippen molar-refractivity contribution < 1.29 is 32.7 Å². The van der Waals surface area contributed by atoms with Crippen LogP contribution < -0.4 is 5.32 Å². The molecule has 0 saturated heterocycles. The summed E-state index contributed by atoms with van der Waals surface area (Å²) in [6.07, 6.45) is -0.467. The summed E-state index contributed by atoms with van der Waals surface area (Å²) in [5.41, 5.74) is 4.34. The van der Waals surface area contributed by atoms with Crippen LogP contribution in [0.4, 0.5) is 13.2 Å². The summed E-state index contributed by atoms with van der Waals surface area (Å²) in [7, 11) is 1.61. The Kier molecular flexibility index (Phi) is 15.8. The Morgan fingerprint density at radius 2 is 1.32 bits per heavy atom. The summed E-state index contributed by atoms with van der Waals surface area (Å²) >= 11 is 0. The molecule has 2 amide bonds. The average Bonchev–Trinajstić information content (AvgIpc) is 4.22. The second kappa shape index (κ2) is 23.1. The molecule has 16 heteroatoms. The SMILES string of the molecule is CCCc1nc(-n2cccc2C(=O)C(F)(F)F)c(C(=O)N(C)CCCCCC(=O)NCCc2ccc(O)cc2)n1-c1ccc(-c2ccccc2)c(-c2nnn(C(c3ccccc3)(c3ccccc3)c3ccccc3)n2)c1. The van der Waals surface area contributed by atoms with Gasteiger partial charge in [0.2, 0.25) is 11.7 Å². The lowest BCUT2D eigenvalue weighted by Crippen LogP contribution is -2.39. The number of aryl methyl sites for hydroxylation is 1. The van der Waals surface area contributed by atoms with E-state index in [-0.39, 0.29) is 42.0 Å². The van der Waals surface area contributed by atoms with Crippen LogP contribution in [0, 0.1) is 0 Å². The van der Waals surface area contributed by atoms with E-state index >= 15 is 4.79 Å². The monoisotopic (exact) mass is 1020 g/mol. The maximum Gasteiger partial charge on any atom is 0.456 e.